The molecule has 0 spiro atoms. The summed E-state index contributed by atoms with van der Waals surface area (Å²) < 4.78 is 78.5. The van der Waals surface area contributed by atoms with E-state index in [9.17, 15) is 31.1 Å². The highest BCUT2D eigenvalue weighted by molar-refractivity contribution is 5.95. The molecule has 2 aromatic rings. The number of ketones is 1. The molecule has 0 aliphatic carbocycles. The minimum Gasteiger partial charge on any atom is -0.287 e. The Morgan fingerprint density at radius 2 is 1.28 bits per heavy atom. The van der Waals surface area contributed by atoms with Gasteiger partial charge in [0.05, 0.1) is 11.1 Å². The highest BCUT2D eigenvalue weighted by atomic mass is 19.4. The van der Waals surface area contributed by atoms with Crippen LogP contribution in [0.5, 0.6) is 0 Å². The highest BCUT2D eigenvalue weighted by Crippen LogP contribution is 2.36. The van der Waals surface area contributed by atoms with Gasteiger partial charge in [0.15, 0.2) is 12.4 Å². The molecule has 2 rings (SSSR count). The number of halogens is 6. The molecular formula is C17H14F6NO+. The van der Waals surface area contributed by atoms with Gasteiger partial charge >= 0.3 is 12.4 Å². The van der Waals surface area contributed by atoms with Gasteiger partial charge in [-0.15, -0.1) is 0 Å². The number of hydrogen-bond acceptors (Lipinski definition) is 1. The molecule has 0 saturated carbocycles. The van der Waals surface area contributed by atoms with Crippen LogP contribution in [0, 0.1) is 13.8 Å². The Hall–Kier alpha value is -2.38. The Kier molecular flexibility index (Phi) is 4.92. The standard InChI is InChI=1S/C17H14F6NO/c1-10-3-11(2)8-24(7-10)9-15(25)12-4-13(16(18,19)20)6-14(5-12)17(21,22)23/h3-8H,9H2,1-2H3/q+1. The molecule has 134 valence electrons. The third-order valence-electron chi connectivity index (χ3n) is 3.43. The number of pyridine rings is 1. The van der Waals surface area contributed by atoms with E-state index >= 15 is 0 Å². The Bertz CT molecular complexity index is 755. The third-order valence-corrected chi connectivity index (χ3v) is 3.43. The normalized spacial score (nSPS) is 12.3. The van der Waals surface area contributed by atoms with Crippen molar-refractivity contribution in [1.82, 2.24) is 0 Å². The topological polar surface area (TPSA) is 20.9 Å². The van der Waals surface area contributed by atoms with E-state index in [-0.39, 0.29) is 12.6 Å². The molecule has 0 fully saturated rings. The number of Topliss-reactive ketones (excluding diaryl/α,β-unsaturated/α-hetero) is 1. The van der Waals surface area contributed by atoms with Gasteiger partial charge in [-0.1, -0.05) is 0 Å². The predicted octanol–water partition coefficient (Wildman–Crippen LogP) is 4.51. The molecule has 0 bridgehead atoms. The number of aryl methyl sites for hydroxylation is 2. The van der Waals surface area contributed by atoms with E-state index in [4.69, 9.17) is 0 Å². The maximum Gasteiger partial charge on any atom is 0.416 e. The number of aromatic nitrogens is 1. The second-order valence-corrected chi connectivity index (χ2v) is 5.78. The van der Waals surface area contributed by atoms with Gasteiger partial charge in [0.25, 0.3) is 0 Å². The Morgan fingerprint density at radius 3 is 1.68 bits per heavy atom. The fraction of sp³-hybridized carbons (Fsp3) is 0.294. The van der Waals surface area contributed by atoms with Crippen molar-refractivity contribution in [3.05, 3.63) is 64.5 Å². The van der Waals surface area contributed by atoms with Crippen molar-refractivity contribution in [3.63, 3.8) is 0 Å². The monoisotopic (exact) mass is 362 g/mol. The van der Waals surface area contributed by atoms with Crippen LogP contribution >= 0.6 is 0 Å². The number of hydrogen-bond donors (Lipinski definition) is 0. The molecule has 0 atom stereocenters. The number of carbonyl (C=O) groups is 1. The fourth-order valence-corrected chi connectivity index (χ4v) is 2.46. The lowest BCUT2D eigenvalue weighted by Crippen LogP contribution is -2.38. The quantitative estimate of drug-likeness (QED) is 0.447. The van der Waals surface area contributed by atoms with E-state index in [1.54, 1.807) is 26.2 Å². The van der Waals surface area contributed by atoms with Gasteiger partial charge in [0.2, 0.25) is 12.3 Å². The highest BCUT2D eigenvalue weighted by Gasteiger charge is 2.37. The van der Waals surface area contributed by atoms with Gasteiger partial charge in [-0.3, -0.25) is 4.79 Å². The van der Waals surface area contributed by atoms with Crippen molar-refractivity contribution < 1.29 is 35.7 Å². The van der Waals surface area contributed by atoms with E-state index < -0.39 is 34.8 Å². The summed E-state index contributed by atoms with van der Waals surface area (Å²) in [5.74, 6) is -0.841. The Balaban J connectivity index is 2.44. The van der Waals surface area contributed by atoms with Gasteiger partial charge in [0.1, 0.15) is 0 Å². The lowest BCUT2D eigenvalue weighted by molar-refractivity contribution is -0.683. The van der Waals surface area contributed by atoms with Gasteiger partial charge in [-0.25, -0.2) is 0 Å². The molecule has 0 N–H and O–H groups in total. The predicted molar refractivity (Wildman–Crippen MR) is 76.9 cm³/mol. The first-order valence-corrected chi connectivity index (χ1v) is 7.16. The van der Waals surface area contributed by atoms with Gasteiger partial charge in [-0.2, -0.15) is 30.9 Å². The molecule has 1 heterocycles. The van der Waals surface area contributed by atoms with Crippen molar-refractivity contribution in [2.24, 2.45) is 0 Å². The van der Waals surface area contributed by atoms with Crippen molar-refractivity contribution in [3.8, 4) is 0 Å². The van der Waals surface area contributed by atoms with Crippen LogP contribution in [-0.4, -0.2) is 5.78 Å². The zero-order chi connectivity index (χ0) is 19.0. The fourth-order valence-electron chi connectivity index (χ4n) is 2.46. The number of rotatable bonds is 3. The van der Waals surface area contributed by atoms with Crippen LogP contribution in [0.2, 0.25) is 0 Å². The van der Waals surface area contributed by atoms with E-state index in [1.165, 1.54) is 4.57 Å². The molecule has 25 heavy (non-hydrogen) atoms. The molecule has 1 aromatic carbocycles. The first-order chi connectivity index (χ1) is 11.4. The summed E-state index contributed by atoms with van der Waals surface area (Å²) in [6.07, 6.45) is -6.79. The molecule has 0 radical (unpaired) electrons. The second-order valence-electron chi connectivity index (χ2n) is 5.78. The lowest BCUT2D eigenvalue weighted by Gasteiger charge is -2.13. The lowest BCUT2D eigenvalue weighted by atomic mass is 10.0. The summed E-state index contributed by atoms with van der Waals surface area (Å²) in [5, 5.41) is 0. The molecular weight excluding hydrogens is 348 g/mol. The number of nitrogens with zero attached hydrogens (tertiary/aromatic N) is 1. The summed E-state index contributed by atoms with van der Waals surface area (Å²) in [6, 6.07) is 2.72. The van der Waals surface area contributed by atoms with E-state index in [1.807, 2.05) is 6.07 Å². The van der Waals surface area contributed by atoms with E-state index in [0.29, 0.717) is 12.1 Å². The summed E-state index contributed by atoms with van der Waals surface area (Å²) in [7, 11) is 0. The average molecular weight is 362 g/mol. The Morgan fingerprint density at radius 1 is 0.840 bits per heavy atom. The Labute approximate surface area is 139 Å². The molecule has 1 aromatic heterocycles. The van der Waals surface area contributed by atoms with Crippen LogP contribution in [0.3, 0.4) is 0 Å². The van der Waals surface area contributed by atoms with Crippen LogP contribution in [0.25, 0.3) is 0 Å². The van der Waals surface area contributed by atoms with Gasteiger partial charge in [0, 0.05) is 16.7 Å². The third kappa shape index (κ3) is 4.80. The number of benzene rings is 1. The molecule has 2 nitrogen and oxygen atoms in total. The van der Waals surface area contributed by atoms with Crippen LogP contribution in [-0.2, 0) is 18.9 Å². The number of carbonyl (C=O) groups excluding carboxylic acids is 1. The molecule has 0 saturated heterocycles. The van der Waals surface area contributed by atoms with Crippen LogP contribution in [0.15, 0.2) is 36.7 Å². The minimum absolute atomic E-state index is 0.000730. The summed E-state index contributed by atoms with van der Waals surface area (Å²) >= 11 is 0. The van der Waals surface area contributed by atoms with Gasteiger partial charge < -0.3 is 0 Å². The van der Waals surface area contributed by atoms with Crippen molar-refractivity contribution in [1.29, 1.82) is 0 Å². The van der Waals surface area contributed by atoms with E-state index in [2.05, 4.69) is 0 Å². The van der Waals surface area contributed by atoms with Crippen LogP contribution < -0.4 is 4.57 Å². The SMILES string of the molecule is Cc1cc(C)c[n+](CC(=O)c2cc(C(F)(F)F)cc(C(F)(F)F)c2)c1. The van der Waals surface area contributed by atoms with Crippen molar-refractivity contribution in [2.75, 3.05) is 0 Å². The van der Waals surface area contributed by atoms with Crippen molar-refractivity contribution in [2.45, 2.75) is 32.7 Å². The minimum atomic E-state index is -4.98. The summed E-state index contributed by atoms with van der Waals surface area (Å²) in [5.41, 5.74) is -2.01. The van der Waals surface area contributed by atoms with Crippen LogP contribution in [0.4, 0.5) is 26.3 Å². The van der Waals surface area contributed by atoms with Gasteiger partial charge in [-0.05, 0) is 38.1 Å². The molecule has 8 heteroatoms. The average Bonchev–Trinajstić information content (AvgIpc) is 2.43. The first-order valence-electron chi connectivity index (χ1n) is 7.16. The maximum atomic E-state index is 12.8. The van der Waals surface area contributed by atoms with Crippen LogP contribution in [0.1, 0.15) is 32.6 Å². The van der Waals surface area contributed by atoms with E-state index in [0.717, 1.165) is 11.1 Å². The zero-order valence-corrected chi connectivity index (χ0v) is 13.3. The summed E-state index contributed by atoms with van der Waals surface area (Å²) in [4.78, 5) is 12.2. The molecule has 0 aliphatic heterocycles. The maximum absolute atomic E-state index is 12.8. The second kappa shape index (κ2) is 6.50. The molecule has 0 amide bonds. The smallest absolute Gasteiger partial charge is 0.287 e. The number of alkyl halides is 6. The van der Waals surface area contributed by atoms with Crippen molar-refractivity contribution >= 4 is 5.78 Å². The molecule has 0 unspecified atom stereocenters. The first kappa shape index (κ1) is 19.0. The zero-order valence-electron chi connectivity index (χ0n) is 13.3. The largest absolute Gasteiger partial charge is 0.416 e. The molecule has 0 aliphatic rings. The summed E-state index contributed by atoms with van der Waals surface area (Å²) in [6.45, 7) is 3.17.